The summed E-state index contributed by atoms with van der Waals surface area (Å²) in [4.78, 5) is 15.5. The van der Waals surface area contributed by atoms with Gasteiger partial charge in [-0.2, -0.15) is 0 Å². The van der Waals surface area contributed by atoms with Gasteiger partial charge in [-0.25, -0.2) is 4.98 Å². The molecule has 2 rings (SSSR count). The highest BCUT2D eigenvalue weighted by molar-refractivity contribution is 6.32. The summed E-state index contributed by atoms with van der Waals surface area (Å²) in [6.45, 7) is 0.185. The topological polar surface area (TPSA) is 51.2 Å². The van der Waals surface area contributed by atoms with Gasteiger partial charge in [0.2, 0.25) is 5.91 Å². The third-order valence-corrected chi connectivity index (χ3v) is 3.15. The fraction of sp³-hybridized carbons (Fsp3) is 0.143. The molecule has 6 heteroatoms. The van der Waals surface area contributed by atoms with E-state index >= 15 is 0 Å². The van der Waals surface area contributed by atoms with Crippen LogP contribution < -0.4 is 5.32 Å². The standard InChI is InChI=1S/C14H12Cl2N2O2/c15-11-5-2-1-4-10(11)8-20-9-13(19)18-12-6-3-7-17-14(12)16/h1-7H,8-9H2,(H,18,19). The van der Waals surface area contributed by atoms with Gasteiger partial charge in [0.1, 0.15) is 6.61 Å². The molecule has 20 heavy (non-hydrogen) atoms. The quantitative estimate of drug-likeness (QED) is 0.859. The molecule has 0 bridgehead atoms. The lowest BCUT2D eigenvalue weighted by atomic mass is 10.2. The van der Waals surface area contributed by atoms with Crippen molar-refractivity contribution in [2.75, 3.05) is 11.9 Å². The van der Waals surface area contributed by atoms with Crippen LogP contribution in [0.1, 0.15) is 5.56 Å². The molecule has 0 spiro atoms. The number of nitrogens with one attached hydrogen (secondary N) is 1. The lowest BCUT2D eigenvalue weighted by molar-refractivity contribution is -0.121. The fourth-order valence-electron chi connectivity index (χ4n) is 1.53. The lowest BCUT2D eigenvalue weighted by Crippen LogP contribution is -2.18. The maximum Gasteiger partial charge on any atom is 0.250 e. The highest BCUT2D eigenvalue weighted by Gasteiger charge is 2.07. The van der Waals surface area contributed by atoms with Crippen LogP contribution in [0.5, 0.6) is 0 Å². The molecule has 0 aliphatic heterocycles. The molecule has 0 radical (unpaired) electrons. The smallest absolute Gasteiger partial charge is 0.250 e. The Hall–Kier alpha value is -1.62. The highest BCUT2D eigenvalue weighted by atomic mass is 35.5. The maximum atomic E-state index is 11.7. The highest BCUT2D eigenvalue weighted by Crippen LogP contribution is 2.18. The Kier molecular flexibility index (Phi) is 5.35. The molecule has 2 aromatic rings. The number of anilines is 1. The number of carbonyl (C=O) groups excluding carboxylic acids is 1. The zero-order chi connectivity index (χ0) is 14.4. The average Bonchev–Trinajstić information content (AvgIpc) is 2.43. The second-order valence-corrected chi connectivity index (χ2v) is 4.74. The normalized spacial score (nSPS) is 10.3. The third kappa shape index (κ3) is 4.20. The predicted octanol–water partition coefficient (Wildman–Crippen LogP) is 3.54. The molecule has 104 valence electrons. The first kappa shape index (κ1) is 14.8. The molecular formula is C14H12Cl2N2O2. The van der Waals surface area contributed by atoms with E-state index in [1.54, 1.807) is 24.4 Å². The largest absolute Gasteiger partial charge is 0.367 e. The van der Waals surface area contributed by atoms with Gasteiger partial charge < -0.3 is 10.1 Å². The molecule has 0 aliphatic carbocycles. The Labute approximate surface area is 126 Å². The van der Waals surface area contributed by atoms with Gasteiger partial charge in [0.15, 0.2) is 5.15 Å². The van der Waals surface area contributed by atoms with Crippen molar-refractivity contribution in [3.05, 3.63) is 58.3 Å². The Morgan fingerprint density at radius 2 is 2.00 bits per heavy atom. The van der Waals surface area contributed by atoms with Gasteiger partial charge in [0, 0.05) is 11.2 Å². The number of amides is 1. The van der Waals surface area contributed by atoms with Crippen LogP contribution in [-0.4, -0.2) is 17.5 Å². The van der Waals surface area contributed by atoms with Crippen molar-refractivity contribution >= 4 is 34.8 Å². The van der Waals surface area contributed by atoms with Crippen LogP contribution in [0.2, 0.25) is 10.2 Å². The number of halogens is 2. The van der Waals surface area contributed by atoms with E-state index in [9.17, 15) is 4.79 Å². The molecule has 1 aromatic carbocycles. The number of hydrogen-bond acceptors (Lipinski definition) is 3. The van der Waals surface area contributed by atoms with Crippen LogP contribution in [0.3, 0.4) is 0 Å². The van der Waals surface area contributed by atoms with E-state index in [2.05, 4.69) is 10.3 Å². The molecule has 0 unspecified atom stereocenters. The number of benzene rings is 1. The van der Waals surface area contributed by atoms with Gasteiger partial charge in [-0.3, -0.25) is 4.79 Å². The molecule has 1 heterocycles. The number of pyridine rings is 1. The number of nitrogens with zero attached hydrogens (tertiary/aromatic N) is 1. The van der Waals surface area contributed by atoms with Crippen molar-refractivity contribution in [1.29, 1.82) is 0 Å². The van der Waals surface area contributed by atoms with Gasteiger partial charge in [0.25, 0.3) is 0 Å². The van der Waals surface area contributed by atoms with Crippen molar-refractivity contribution < 1.29 is 9.53 Å². The van der Waals surface area contributed by atoms with Crippen molar-refractivity contribution in [2.45, 2.75) is 6.61 Å². The number of ether oxygens (including phenoxy) is 1. The van der Waals surface area contributed by atoms with Crippen LogP contribution in [0.25, 0.3) is 0 Å². The Bertz CT molecular complexity index is 605. The molecule has 0 fully saturated rings. The Balaban J connectivity index is 1.82. The summed E-state index contributed by atoms with van der Waals surface area (Å²) in [5.41, 5.74) is 1.29. The summed E-state index contributed by atoms with van der Waals surface area (Å²) < 4.78 is 5.31. The zero-order valence-corrected chi connectivity index (χ0v) is 12.0. The van der Waals surface area contributed by atoms with Crippen molar-refractivity contribution in [3.8, 4) is 0 Å². The average molecular weight is 311 g/mol. The molecule has 0 atom stereocenters. The molecule has 0 saturated carbocycles. The second-order valence-electron chi connectivity index (χ2n) is 3.97. The molecule has 0 saturated heterocycles. The van der Waals surface area contributed by atoms with Crippen LogP contribution >= 0.6 is 23.2 Å². The van der Waals surface area contributed by atoms with Crippen molar-refractivity contribution in [1.82, 2.24) is 4.98 Å². The first-order valence-electron chi connectivity index (χ1n) is 5.88. The number of hydrogen-bond donors (Lipinski definition) is 1. The van der Waals surface area contributed by atoms with Crippen molar-refractivity contribution in [3.63, 3.8) is 0 Å². The molecule has 1 aromatic heterocycles. The van der Waals surface area contributed by atoms with Crippen LogP contribution in [0, 0.1) is 0 Å². The van der Waals surface area contributed by atoms with E-state index in [1.165, 1.54) is 0 Å². The van der Waals surface area contributed by atoms with E-state index in [-0.39, 0.29) is 24.3 Å². The van der Waals surface area contributed by atoms with Gasteiger partial charge in [-0.05, 0) is 23.8 Å². The SMILES string of the molecule is O=C(COCc1ccccc1Cl)Nc1cccnc1Cl. The molecule has 1 N–H and O–H groups in total. The summed E-state index contributed by atoms with van der Waals surface area (Å²) in [5, 5.41) is 3.48. The fourth-order valence-corrected chi connectivity index (χ4v) is 1.89. The number of carbonyl (C=O) groups is 1. The summed E-state index contributed by atoms with van der Waals surface area (Å²) >= 11 is 11.8. The number of rotatable bonds is 5. The summed E-state index contributed by atoms with van der Waals surface area (Å²) in [6.07, 6.45) is 1.55. The van der Waals surface area contributed by atoms with Gasteiger partial charge in [-0.1, -0.05) is 41.4 Å². The first-order chi connectivity index (χ1) is 9.66. The second kappa shape index (κ2) is 7.24. The van der Waals surface area contributed by atoms with Gasteiger partial charge in [-0.15, -0.1) is 0 Å². The van der Waals surface area contributed by atoms with E-state index in [4.69, 9.17) is 27.9 Å². The summed E-state index contributed by atoms with van der Waals surface area (Å²) in [7, 11) is 0. The molecule has 0 aliphatic rings. The van der Waals surface area contributed by atoms with Gasteiger partial charge in [0.05, 0.1) is 12.3 Å². The Morgan fingerprint density at radius 1 is 1.20 bits per heavy atom. The predicted molar refractivity (Wildman–Crippen MR) is 79.0 cm³/mol. The third-order valence-electron chi connectivity index (χ3n) is 2.48. The van der Waals surface area contributed by atoms with E-state index in [1.807, 2.05) is 18.2 Å². The van der Waals surface area contributed by atoms with Crippen LogP contribution in [-0.2, 0) is 16.1 Å². The maximum absolute atomic E-state index is 11.7. The van der Waals surface area contributed by atoms with E-state index in [0.717, 1.165) is 5.56 Å². The lowest BCUT2D eigenvalue weighted by Gasteiger charge is -2.08. The first-order valence-corrected chi connectivity index (χ1v) is 6.64. The summed E-state index contributed by atoms with van der Waals surface area (Å²) in [6, 6.07) is 10.7. The van der Waals surface area contributed by atoms with Crippen LogP contribution in [0.4, 0.5) is 5.69 Å². The van der Waals surface area contributed by atoms with Crippen molar-refractivity contribution in [2.24, 2.45) is 0 Å². The molecule has 1 amide bonds. The zero-order valence-electron chi connectivity index (χ0n) is 10.5. The monoisotopic (exact) mass is 310 g/mol. The summed E-state index contributed by atoms with van der Waals surface area (Å²) in [5.74, 6) is -0.299. The van der Waals surface area contributed by atoms with Crippen LogP contribution in [0.15, 0.2) is 42.6 Å². The van der Waals surface area contributed by atoms with Gasteiger partial charge >= 0.3 is 0 Å². The van der Waals surface area contributed by atoms with E-state index in [0.29, 0.717) is 10.7 Å². The molecule has 4 nitrogen and oxygen atoms in total. The number of aromatic nitrogens is 1. The molecular weight excluding hydrogens is 299 g/mol. The minimum absolute atomic E-state index is 0.0869. The Morgan fingerprint density at radius 3 is 2.75 bits per heavy atom. The minimum atomic E-state index is -0.299. The minimum Gasteiger partial charge on any atom is -0.367 e. The van der Waals surface area contributed by atoms with E-state index < -0.39 is 0 Å².